The predicted octanol–water partition coefficient (Wildman–Crippen LogP) is 4.18. The van der Waals surface area contributed by atoms with Crippen LogP contribution in [-0.2, 0) is 16.2 Å². The Kier molecular flexibility index (Phi) is 5.92. The second-order valence-corrected chi connectivity index (χ2v) is 8.21. The van der Waals surface area contributed by atoms with Crippen LogP contribution in [0, 0.1) is 0 Å². The highest BCUT2D eigenvalue weighted by Gasteiger charge is 2.35. The van der Waals surface area contributed by atoms with E-state index in [4.69, 9.17) is 23.2 Å². The molecule has 8 nitrogen and oxygen atoms in total. The Bertz CT molecular complexity index is 1200. The minimum Gasteiger partial charge on any atom is -0.289 e. The second kappa shape index (κ2) is 8.13. The van der Waals surface area contributed by atoms with E-state index >= 15 is 0 Å². The molecule has 0 aliphatic heterocycles. The first kappa shape index (κ1) is 21.9. The molecule has 0 fully saturated rings. The lowest BCUT2D eigenvalue weighted by molar-refractivity contribution is -0.144. The molecule has 158 valence electrons. The van der Waals surface area contributed by atoms with E-state index < -0.39 is 33.9 Å². The molecule has 0 spiro atoms. The number of sulfonamides is 1. The van der Waals surface area contributed by atoms with E-state index in [1.165, 1.54) is 42.5 Å². The van der Waals surface area contributed by atoms with E-state index in [1.54, 1.807) is 5.10 Å². The summed E-state index contributed by atoms with van der Waals surface area (Å²) in [6, 6.07) is 9.02. The van der Waals surface area contributed by atoms with Crippen LogP contribution in [0.25, 0.3) is 0 Å². The molecule has 0 aliphatic carbocycles. The molecule has 0 bridgehead atoms. The van der Waals surface area contributed by atoms with E-state index in [0.717, 1.165) is 0 Å². The van der Waals surface area contributed by atoms with Crippen molar-refractivity contribution >= 4 is 50.8 Å². The molecule has 1 amide bonds. The normalized spacial score (nSPS) is 11.9. The molecule has 1 heterocycles. The van der Waals surface area contributed by atoms with Gasteiger partial charge in [0, 0.05) is 16.3 Å². The zero-order valence-corrected chi connectivity index (χ0v) is 16.8. The van der Waals surface area contributed by atoms with Gasteiger partial charge in [0.2, 0.25) is 11.8 Å². The predicted molar refractivity (Wildman–Crippen MR) is 103 cm³/mol. The lowest BCUT2D eigenvalue weighted by Gasteiger charge is -2.10. The van der Waals surface area contributed by atoms with Crippen LogP contribution in [0.2, 0.25) is 10.0 Å². The van der Waals surface area contributed by atoms with Gasteiger partial charge in [-0.3, -0.25) is 19.9 Å². The maximum Gasteiger partial charge on any atom is 0.451 e. The molecular weight excluding hydrogens is 470 g/mol. The van der Waals surface area contributed by atoms with Gasteiger partial charge in [-0.25, -0.2) is 8.42 Å². The molecular formula is C16H10Cl2F3N5O3S. The quantitative estimate of drug-likeness (QED) is 0.507. The van der Waals surface area contributed by atoms with Crippen LogP contribution < -0.4 is 10.0 Å². The number of aromatic amines is 1. The fraction of sp³-hybridized carbons (Fsp3) is 0.0625. The molecule has 0 unspecified atom stereocenters. The topological polar surface area (TPSA) is 117 Å². The highest BCUT2D eigenvalue weighted by Crippen LogP contribution is 2.28. The summed E-state index contributed by atoms with van der Waals surface area (Å²) < 4.78 is 64.7. The zero-order chi connectivity index (χ0) is 22.1. The summed E-state index contributed by atoms with van der Waals surface area (Å²) in [6.45, 7) is 0. The number of nitrogens with zero attached hydrogens (tertiary/aromatic N) is 2. The highest BCUT2D eigenvalue weighted by atomic mass is 35.5. The number of carbonyl (C=O) groups is 1. The maximum atomic E-state index is 12.5. The Labute approximate surface area is 177 Å². The van der Waals surface area contributed by atoms with Gasteiger partial charge in [-0.1, -0.05) is 23.2 Å². The Morgan fingerprint density at radius 2 is 1.73 bits per heavy atom. The van der Waals surface area contributed by atoms with Crippen molar-refractivity contribution in [2.45, 2.75) is 11.1 Å². The molecule has 0 atom stereocenters. The summed E-state index contributed by atoms with van der Waals surface area (Å²) in [4.78, 5) is 15.0. The van der Waals surface area contributed by atoms with Gasteiger partial charge in [-0.2, -0.15) is 18.2 Å². The van der Waals surface area contributed by atoms with Gasteiger partial charge in [0.15, 0.2) is 0 Å². The van der Waals surface area contributed by atoms with Gasteiger partial charge in [-0.05, 0) is 42.5 Å². The third-order valence-corrected chi connectivity index (χ3v) is 5.66. The zero-order valence-electron chi connectivity index (χ0n) is 14.5. The molecule has 2 aromatic carbocycles. The first-order valence-electron chi connectivity index (χ1n) is 7.84. The number of halogens is 5. The summed E-state index contributed by atoms with van der Waals surface area (Å²) in [6.07, 6.45) is -4.74. The number of anilines is 2. The van der Waals surface area contributed by atoms with Crippen LogP contribution in [0.5, 0.6) is 0 Å². The monoisotopic (exact) mass is 479 g/mol. The number of H-pyrrole nitrogens is 1. The maximum absolute atomic E-state index is 12.5. The fourth-order valence-corrected chi connectivity index (χ4v) is 4.02. The number of aromatic nitrogens is 3. The standard InChI is InChI=1S/C16H10Cl2F3N5O3S/c17-9-3-6-11(18)12(7-9)30(28,29)26-10-4-1-8(2-5-10)13(27)22-15-23-14(24-25-15)16(19,20)21/h1-7,26H,(H2,22,23,24,25,27). The van der Waals surface area contributed by atoms with Gasteiger partial charge in [0.25, 0.3) is 15.9 Å². The Morgan fingerprint density at radius 1 is 1.07 bits per heavy atom. The number of hydrogen-bond donors (Lipinski definition) is 3. The van der Waals surface area contributed by atoms with Gasteiger partial charge < -0.3 is 0 Å². The van der Waals surface area contributed by atoms with Crippen molar-refractivity contribution in [3.8, 4) is 0 Å². The Hall–Kier alpha value is -2.83. The number of alkyl halides is 3. The summed E-state index contributed by atoms with van der Waals surface area (Å²) in [5.41, 5.74) is 0.136. The van der Waals surface area contributed by atoms with Crippen molar-refractivity contribution in [2.24, 2.45) is 0 Å². The average molecular weight is 480 g/mol. The average Bonchev–Trinajstić information content (AvgIpc) is 3.13. The van der Waals surface area contributed by atoms with Crippen LogP contribution in [-0.4, -0.2) is 29.5 Å². The molecule has 3 aromatic rings. The third-order valence-electron chi connectivity index (χ3n) is 3.56. The fourth-order valence-electron chi connectivity index (χ4n) is 2.20. The van der Waals surface area contributed by atoms with Crippen LogP contribution in [0.15, 0.2) is 47.4 Å². The van der Waals surface area contributed by atoms with E-state index in [0.29, 0.717) is 0 Å². The van der Waals surface area contributed by atoms with Crippen LogP contribution in [0.4, 0.5) is 24.8 Å². The van der Waals surface area contributed by atoms with E-state index in [2.05, 4.69) is 20.1 Å². The Balaban J connectivity index is 1.72. The number of amides is 1. The lowest BCUT2D eigenvalue weighted by Crippen LogP contribution is -2.15. The first-order chi connectivity index (χ1) is 14.0. The molecule has 0 saturated heterocycles. The van der Waals surface area contributed by atoms with Gasteiger partial charge in [0.1, 0.15) is 4.90 Å². The molecule has 1 aromatic heterocycles. The summed E-state index contributed by atoms with van der Waals surface area (Å²) in [7, 11) is -4.06. The second-order valence-electron chi connectivity index (χ2n) is 5.72. The molecule has 0 radical (unpaired) electrons. The van der Waals surface area contributed by atoms with E-state index in [1.807, 2.05) is 0 Å². The number of benzene rings is 2. The van der Waals surface area contributed by atoms with Gasteiger partial charge in [-0.15, -0.1) is 5.10 Å². The molecule has 3 N–H and O–H groups in total. The number of carbonyl (C=O) groups excluding carboxylic acids is 1. The summed E-state index contributed by atoms with van der Waals surface area (Å²) >= 11 is 11.7. The highest BCUT2D eigenvalue weighted by molar-refractivity contribution is 7.92. The number of hydrogen-bond acceptors (Lipinski definition) is 5. The van der Waals surface area contributed by atoms with Crippen molar-refractivity contribution in [2.75, 3.05) is 10.0 Å². The smallest absolute Gasteiger partial charge is 0.289 e. The first-order valence-corrected chi connectivity index (χ1v) is 10.1. The van der Waals surface area contributed by atoms with Crippen LogP contribution >= 0.6 is 23.2 Å². The van der Waals surface area contributed by atoms with Crippen molar-refractivity contribution in [1.29, 1.82) is 0 Å². The largest absolute Gasteiger partial charge is 0.451 e. The minimum atomic E-state index is -4.74. The van der Waals surface area contributed by atoms with Crippen LogP contribution in [0.1, 0.15) is 16.2 Å². The molecule has 0 aliphatic rings. The van der Waals surface area contributed by atoms with Crippen LogP contribution in [0.3, 0.4) is 0 Å². The summed E-state index contributed by atoms with van der Waals surface area (Å²) in [5, 5.41) is 7.16. The summed E-state index contributed by atoms with van der Waals surface area (Å²) in [5.74, 6) is -2.72. The third kappa shape index (κ3) is 5.01. The SMILES string of the molecule is O=C(Nc1n[nH]c(C(F)(F)F)n1)c1ccc(NS(=O)(=O)c2cc(Cl)ccc2Cl)cc1. The van der Waals surface area contributed by atoms with Crippen molar-refractivity contribution in [3.05, 3.63) is 63.9 Å². The molecule has 14 heteroatoms. The molecule has 0 saturated carbocycles. The minimum absolute atomic E-state index is 0.0251. The van der Waals surface area contributed by atoms with E-state index in [-0.39, 0.29) is 26.2 Å². The lowest BCUT2D eigenvalue weighted by atomic mass is 10.2. The number of nitrogens with one attached hydrogen (secondary N) is 3. The van der Waals surface area contributed by atoms with Crippen molar-refractivity contribution in [1.82, 2.24) is 15.2 Å². The number of rotatable bonds is 5. The van der Waals surface area contributed by atoms with Crippen molar-refractivity contribution in [3.63, 3.8) is 0 Å². The van der Waals surface area contributed by atoms with Gasteiger partial charge in [0.05, 0.1) is 5.02 Å². The molecule has 3 rings (SSSR count). The van der Waals surface area contributed by atoms with Crippen molar-refractivity contribution < 1.29 is 26.4 Å². The van der Waals surface area contributed by atoms with Gasteiger partial charge >= 0.3 is 6.18 Å². The Morgan fingerprint density at radius 3 is 2.33 bits per heavy atom. The van der Waals surface area contributed by atoms with E-state index in [9.17, 15) is 26.4 Å². The molecule has 30 heavy (non-hydrogen) atoms.